The van der Waals surface area contributed by atoms with E-state index in [2.05, 4.69) is 36.5 Å². The van der Waals surface area contributed by atoms with Crippen LogP contribution in [0.3, 0.4) is 0 Å². The van der Waals surface area contributed by atoms with Gasteiger partial charge in [0, 0.05) is 31.6 Å². The number of aryl methyl sites for hydroxylation is 1. The van der Waals surface area contributed by atoms with Crippen LogP contribution < -0.4 is 10.1 Å². The molecule has 1 amide bonds. The maximum atomic E-state index is 13.7. The standard InChI is InChI=1S/C30H34N2O4/c1-22-9-11-24(12-10-22)17-18-31-29(34)30(21-25-7-4-3-5-8-25)23(2)36-28(32-30)26-13-15-27(16-14-26)35-20-6-19-33/h3-5,7-16,23,33H,6,17-21H2,1-2H3,(H,31,34)/t23-,30-/m1/s1. The van der Waals surface area contributed by atoms with E-state index in [1.54, 1.807) is 0 Å². The molecule has 0 bridgehead atoms. The molecule has 2 N–H and O–H groups in total. The van der Waals surface area contributed by atoms with Gasteiger partial charge in [0.05, 0.1) is 6.61 Å². The van der Waals surface area contributed by atoms with Crippen LogP contribution in [0.15, 0.2) is 83.9 Å². The number of hydrogen-bond acceptors (Lipinski definition) is 5. The van der Waals surface area contributed by atoms with Gasteiger partial charge in [0.1, 0.15) is 11.9 Å². The number of hydrogen-bond donors (Lipinski definition) is 2. The lowest BCUT2D eigenvalue weighted by Gasteiger charge is -2.28. The Kier molecular flexibility index (Phi) is 8.39. The molecule has 1 aliphatic heterocycles. The summed E-state index contributed by atoms with van der Waals surface area (Å²) in [5.41, 5.74) is 3.14. The molecular weight excluding hydrogens is 452 g/mol. The second-order valence-electron chi connectivity index (χ2n) is 9.21. The zero-order chi connectivity index (χ0) is 25.4. The smallest absolute Gasteiger partial charge is 0.252 e. The molecule has 3 aromatic carbocycles. The van der Waals surface area contributed by atoms with Crippen LogP contribution in [0.5, 0.6) is 5.75 Å². The number of rotatable bonds is 11. The van der Waals surface area contributed by atoms with Gasteiger partial charge in [0.25, 0.3) is 5.91 Å². The number of benzene rings is 3. The summed E-state index contributed by atoms with van der Waals surface area (Å²) in [6.45, 7) is 5.04. The number of amides is 1. The van der Waals surface area contributed by atoms with Gasteiger partial charge >= 0.3 is 0 Å². The van der Waals surface area contributed by atoms with Crippen molar-refractivity contribution in [1.29, 1.82) is 0 Å². The summed E-state index contributed by atoms with van der Waals surface area (Å²) in [6, 6.07) is 25.8. The van der Waals surface area contributed by atoms with Gasteiger partial charge in [-0.05, 0) is 55.7 Å². The van der Waals surface area contributed by atoms with Crippen molar-refractivity contribution < 1.29 is 19.4 Å². The van der Waals surface area contributed by atoms with Crippen LogP contribution in [-0.4, -0.2) is 48.3 Å². The van der Waals surface area contributed by atoms with Crippen molar-refractivity contribution in [2.75, 3.05) is 19.8 Å². The van der Waals surface area contributed by atoms with Gasteiger partial charge in [0.2, 0.25) is 5.90 Å². The number of carbonyl (C=O) groups is 1. The van der Waals surface area contributed by atoms with Crippen molar-refractivity contribution in [3.8, 4) is 5.75 Å². The second kappa shape index (κ2) is 11.9. The highest BCUT2D eigenvalue weighted by Gasteiger charge is 2.50. The molecular formula is C30H34N2O4. The van der Waals surface area contributed by atoms with Crippen molar-refractivity contribution in [3.63, 3.8) is 0 Å². The number of aliphatic imine (C=N–C) groups is 1. The van der Waals surface area contributed by atoms with Crippen LogP contribution in [0.1, 0.15) is 35.6 Å². The Morgan fingerprint density at radius 1 is 1.03 bits per heavy atom. The van der Waals surface area contributed by atoms with E-state index < -0.39 is 11.6 Å². The quantitative estimate of drug-likeness (QED) is 0.397. The lowest BCUT2D eigenvalue weighted by molar-refractivity contribution is -0.128. The van der Waals surface area contributed by atoms with E-state index in [4.69, 9.17) is 19.6 Å². The minimum atomic E-state index is -1.07. The largest absolute Gasteiger partial charge is 0.494 e. The predicted molar refractivity (Wildman–Crippen MR) is 141 cm³/mol. The molecule has 0 unspecified atom stereocenters. The molecule has 0 saturated carbocycles. The van der Waals surface area contributed by atoms with E-state index >= 15 is 0 Å². The number of carbonyl (C=O) groups excluding carboxylic acids is 1. The Balaban J connectivity index is 1.53. The van der Waals surface area contributed by atoms with Crippen LogP contribution in [-0.2, 0) is 22.4 Å². The van der Waals surface area contributed by atoms with Gasteiger partial charge in [-0.2, -0.15) is 0 Å². The Bertz CT molecular complexity index is 1160. The Labute approximate surface area is 213 Å². The van der Waals surface area contributed by atoms with Crippen LogP contribution in [0.25, 0.3) is 0 Å². The Morgan fingerprint density at radius 2 is 1.75 bits per heavy atom. The first-order valence-corrected chi connectivity index (χ1v) is 12.5. The highest BCUT2D eigenvalue weighted by molar-refractivity contribution is 6.00. The van der Waals surface area contributed by atoms with Crippen molar-refractivity contribution >= 4 is 11.8 Å². The van der Waals surface area contributed by atoms with E-state index in [9.17, 15) is 4.79 Å². The van der Waals surface area contributed by atoms with Crippen molar-refractivity contribution in [1.82, 2.24) is 5.32 Å². The molecule has 0 saturated heterocycles. The van der Waals surface area contributed by atoms with Gasteiger partial charge < -0.3 is 19.9 Å². The number of nitrogens with one attached hydrogen (secondary N) is 1. The van der Waals surface area contributed by atoms with Crippen molar-refractivity contribution in [2.45, 2.75) is 44.8 Å². The number of aliphatic hydroxyl groups excluding tert-OH is 1. The minimum Gasteiger partial charge on any atom is -0.494 e. The monoisotopic (exact) mass is 486 g/mol. The van der Waals surface area contributed by atoms with E-state index in [0.29, 0.717) is 37.6 Å². The molecule has 0 aromatic heterocycles. The van der Waals surface area contributed by atoms with Crippen LogP contribution in [0, 0.1) is 6.92 Å². The maximum absolute atomic E-state index is 13.7. The third-order valence-corrected chi connectivity index (χ3v) is 6.46. The summed E-state index contributed by atoms with van der Waals surface area (Å²) >= 11 is 0. The molecule has 6 heteroatoms. The molecule has 188 valence electrons. The van der Waals surface area contributed by atoms with E-state index in [1.165, 1.54) is 11.1 Å². The van der Waals surface area contributed by atoms with Gasteiger partial charge in [0.15, 0.2) is 5.54 Å². The molecule has 4 rings (SSSR count). The summed E-state index contributed by atoms with van der Waals surface area (Å²) in [4.78, 5) is 18.6. The zero-order valence-electron chi connectivity index (χ0n) is 20.9. The molecule has 3 aromatic rings. The van der Waals surface area contributed by atoms with E-state index in [0.717, 1.165) is 17.5 Å². The lowest BCUT2D eigenvalue weighted by atomic mass is 9.86. The summed E-state index contributed by atoms with van der Waals surface area (Å²) < 4.78 is 11.8. The topological polar surface area (TPSA) is 80.2 Å². The third kappa shape index (κ3) is 6.13. The summed E-state index contributed by atoms with van der Waals surface area (Å²) in [5, 5.41) is 12.1. The summed E-state index contributed by atoms with van der Waals surface area (Å²) in [7, 11) is 0. The molecule has 0 aliphatic carbocycles. The first-order chi connectivity index (χ1) is 17.5. The first-order valence-electron chi connectivity index (χ1n) is 12.5. The zero-order valence-corrected chi connectivity index (χ0v) is 20.9. The molecule has 1 aliphatic rings. The van der Waals surface area contributed by atoms with Crippen LogP contribution in [0.4, 0.5) is 0 Å². The summed E-state index contributed by atoms with van der Waals surface area (Å²) in [5.74, 6) is 1.03. The highest BCUT2D eigenvalue weighted by Crippen LogP contribution is 2.33. The number of ether oxygens (including phenoxy) is 2. The van der Waals surface area contributed by atoms with E-state index in [1.807, 2.05) is 61.5 Å². The van der Waals surface area contributed by atoms with Gasteiger partial charge in [-0.3, -0.25) is 4.79 Å². The van der Waals surface area contributed by atoms with Gasteiger partial charge in [-0.1, -0.05) is 60.2 Å². The molecule has 0 radical (unpaired) electrons. The SMILES string of the molecule is Cc1ccc(CCNC(=O)[C@]2(Cc3ccccc3)N=C(c3ccc(OCCCO)cc3)O[C@@H]2C)cc1. The average molecular weight is 487 g/mol. The average Bonchev–Trinajstić information content (AvgIpc) is 3.23. The lowest BCUT2D eigenvalue weighted by Crippen LogP contribution is -2.52. The third-order valence-electron chi connectivity index (χ3n) is 6.46. The molecule has 0 spiro atoms. The second-order valence-corrected chi connectivity index (χ2v) is 9.21. The predicted octanol–water partition coefficient (Wildman–Crippen LogP) is 4.26. The van der Waals surface area contributed by atoms with Crippen LogP contribution >= 0.6 is 0 Å². The maximum Gasteiger partial charge on any atom is 0.252 e. The van der Waals surface area contributed by atoms with E-state index in [-0.39, 0.29) is 12.5 Å². The molecule has 36 heavy (non-hydrogen) atoms. The molecule has 2 atom stereocenters. The molecule has 0 fully saturated rings. The first kappa shape index (κ1) is 25.5. The minimum absolute atomic E-state index is 0.0944. The van der Waals surface area contributed by atoms with Crippen LogP contribution in [0.2, 0.25) is 0 Å². The fourth-order valence-electron chi connectivity index (χ4n) is 4.28. The normalized spacial score (nSPS) is 18.9. The van der Waals surface area contributed by atoms with Gasteiger partial charge in [-0.15, -0.1) is 0 Å². The highest BCUT2D eigenvalue weighted by atomic mass is 16.5. The fourth-order valence-corrected chi connectivity index (χ4v) is 4.28. The van der Waals surface area contributed by atoms with Gasteiger partial charge in [-0.25, -0.2) is 4.99 Å². The molecule has 6 nitrogen and oxygen atoms in total. The Morgan fingerprint density at radius 3 is 2.44 bits per heavy atom. The Hall–Kier alpha value is -3.64. The fraction of sp³-hybridized carbons (Fsp3) is 0.333. The van der Waals surface area contributed by atoms with Crippen molar-refractivity contribution in [2.24, 2.45) is 4.99 Å². The molecule has 1 heterocycles. The number of aliphatic hydroxyl groups is 1. The van der Waals surface area contributed by atoms with Crippen molar-refractivity contribution in [3.05, 3.63) is 101 Å². The summed E-state index contributed by atoms with van der Waals surface area (Å²) in [6.07, 6.45) is 1.33. The number of nitrogens with zero attached hydrogens (tertiary/aromatic N) is 1.